The molecule has 6 nitrogen and oxygen atoms in total. The van der Waals surface area contributed by atoms with Crippen molar-refractivity contribution in [1.29, 1.82) is 0 Å². The number of pyridine rings is 1. The first kappa shape index (κ1) is 19.7. The van der Waals surface area contributed by atoms with E-state index in [1.165, 1.54) is 17.0 Å². The Bertz CT molecular complexity index is 1150. The zero-order valence-electron chi connectivity index (χ0n) is 16.1. The van der Waals surface area contributed by atoms with E-state index >= 15 is 0 Å². The molecule has 0 spiro atoms. The Morgan fingerprint density at radius 2 is 1.90 bits per heavy atom. The summed E-state index contributed by atoms with van der Waals surface area (Å²) in [6.45, 7) is 0.120. The second-order valence-corrected chi connectivity index (χ2v) is 7.80. The number of nitrogens with zero attached hydrogens (tertiary/aromatic N) is 4. The summed E-state index contributed by atoms with van der Waals surface area (Å²) in [5, 5.41) is 3.87. The average Bonchev–Trinajstić information content (AvgIpc) is 3.21. The average molecular weight is 432 g/mol. The minimum atomic E-state index is -3.31. The third-order valence-corrected chi connectivity index (χ3v) is 5.81. The van der Waals surface area contributed by atoms with Crippen molar-refractivity contribution in [2.45, 2.75) is 37.1 Å². The van der Waals surface area contributed by atoms with Crippen LogP contribution in [0.1, 0.15) is 47.0 Å². The molecule has 5 rings (SSSR count). The first-order chi connectivity index (χ1) is 14.8. The molecule has 3 aromatic rings. The fraction of sp³-hybridized carbons (Fsp3) is 0.333. The summed E-state index contributed by atoms with van der Waals surface area (Å²) in [7, 11) is 0. The Labute approximate surface area is 173 Å². The lowest BCUT2D eigenvalue weighted by Gasteiger charge is -2.38. The topological polar surface area (TPSA) is 72.1 Å². The van der Waals surface area contributed by atoms with E-state index in [-0.39, 0.29) is 29.7 Å². The molecule has 2 aromatic heterocycles. The molecule has 10 heteroatoms. The minimum absolute atomic E-state index is 0.120. The SMILES string of the molecule is O=C1c2ccc(F)cc2C(F)(F)C[C@H]2CC[C@H](c3nc(-c4ccc(F)cn4)no3)CN12. The highest BCUT2D eigenvalue weighted by molar-refractivity contribution is 5.96. The molecule has 0 saturated carbocycles. The summed E-state index contributed by atoms with van der Waals surface area (Å²) in [6.07, 6.45) is 1.24. The number of carbonyl (C=O) groups is 1. The summed E-state index contributed by atoms with van der Waals surface area (Å²) in [5.74, 6) is -5.11. The highest BCUT2D eigenvalue weighted by Crippen LogP contribution is 2.44. The van der Waals surface area contributed by atoms with Gasteiger partial charge in [0.05, 0.1) is 12.1 Å². The predicted molar refractivity (Wildman–Crippen MR) is 99.2 cm³/mol. The highest BCUT2D eigenvalue weighted by Gasteiger charge is 2.47. The third-order valence-electron chi connectivity index (χ3n) is 5.81. The van der Waals surface area contributed by atoms with E-state index in [9.17, 15) is 22.4 Å². The van der Waals surface area contributed by atoms with E-state index in [2.05, 4.69) is 15.1 Å². The van der Waals surface area contributed by atoms with E-state index in [0.29, 0.717) is 18.5 Å². The number of hydrogen-bond donors (Lipinski definition) is 0. The number of hydrogen-bond acceptors (Lipinski definition) is 5. The molecule has 1 amide bonds. The van der Waals surface area contributed by atoms with E-state index in [1.807, 2.05) is 0 Å². The van der Waals surface area contributed by atoms with Gasteiger partial charge in [-0.25, -0.2) is 22.5 Å². The van der Waals surface area contributed by atoms with Crippen molar-refractivity contribution < 1.29 is 26.9 Å². The van der Waals surface area contributed by atoms with Crippen molar-refractivity contribution in [3.8, 4) is 11.5 Å². The van der Waals surface area contributed by atoms with Gasteiger partial charge in [0.1, 0.15) is 17.3 Å². The van der Waals surface area contributed by atoms with Crippen LogP contribution >= 0.6 is 0 Å². The molecule has 160 valence electrons. The maximum absolute atomic E-state index is 14.8. The molecule has 1 saturated heterocycles. The van der Waals surface area contributed by atoms with Crippen molar-refractivity contribution in [3.05, 3.63) is 65.2 Å². The Kier molecular flexibility index (Phi) is 4.53. The maximum atomic E-state index is 14.8. The van der Waals surface area contributed by atoms with Crippen LogP contribution in [0.2, 0.25) is 0 Å². The first-order valence-electron chi connectivity index (χ1n) is 9.76. The summed E-state index contributed by atoms with van der Waals surface area (Å²) in [5.41, 5.74) is -0.450. The summed E-state index contributed by atoms with van der Waals surface area (Å²) in [4.78, 5) is 22.7. The van der Waals surface area contributed by atoms with Gasteiger partial charge in [-0.15, -0.1) is 0 Å². The number of amides is 1. The van der Waals surface area contributed by atoms with Crippen LogP contribution in [0.3, 0.4) is 0 Å². The molecule has 4 heterocycles. The molecule has 2 aliphatic rings. The van der Waals surface area contributed by atoms with Crippen LogP contribution in [0.5, 0.6) is 0 Å². The van der Waals surface area contributed by atoms with Crippen LogP contribution < -0.4 is 0 Å². The zero-order chi connectivity index (χ0) is 21.8. The lowest BCUT2D eigenvalue weighted by atomic mass is 9.89. The largest absolute Gasteiger partial charge is 0.339 e. The first-order valence-corrected chi connectivity index (χ1v) is 9.76. The monoisotopic (exact) mass is 432 g/mol. The van der Waals surface area contributed by atoms with E-state index in [0.717, 1.165) is 24.4 Å². The number of carbonyl (C=O) groups excluding carboxylic acids is 1. The number of piperidine rings is 1. The van der Waals surface area contributed by atoms with Crippen LogP contribution in [0.4, 0.5) is 17.6 Å². The number of rotatable bonds is 2. The van der Waals surface area contributed by atoms with Crippen LogP contribution in [-0.2, 0) is 5.92 Å². The van der Waals surface area contributed by atoms with E-state index in [4.69, 9.17) is 4.52 Å². The van der Waals surface area contributed by atoms with Crippen LogP contribution in [0, 0.1) is 11.6 Å². The Morgan fingerprint density at radius 1 is 1.10 bits per heavy atom. The highest BCUT2D eigenvalue weighted by atomic mass is 19.3. The molecular formula is C21H16F4N4O2. The smallest absolute Gasteiger partial charge is 0.276 e. The lowest BCUT2D eigenvalue weighted by Crippen LogP contribution is -2.46. The Hall–Kier alpha value is -3.30. The lowest BCUT2D eigenvalue weighted by molar-refractivity contribution is -0.0372. The number of benzene rings is 1. The quantitative estimate of drug-likeness (QED) is 0.565. The fourth-order valence-electron chi connectivity index (χ4n) is 4.27. The number of alkyl halides is 2. The predicted octanol–water partition coefficient (Wildman–Crippen LogP) is 4.29. The van der Waals surface area contributed by atoms with E-state index < -0.39 is 41.5 Å². The Morgan fingerprint density at radius 3 is 2.68 bits per heavy atom. The standard InChI is InChI=1S/C21H16F4N4O2/c22-12-2-5-15-16(7-12)21(24,25)8-14-4-1-11(10-29(14)20(15)30)19-27-18(28-31-19)17-6-3-13(23)9-26-17/h2-3,5-7,9,11,14H,1,4,8,10H2/t11-,14+/m0/s1. The van der Waals surface area contributed by atoms with Gasteiger partial charge >= 0.3 is 0 Å². The van der Waals surface area contributed by atoms with Crippen molar-refractivity contribution in [2.75, 3.05) is 6.54 Å². The zero-order valence-corrected chi connectivity index (χ0v) is 16.1. The molecule has 31 heavy (non-hydrogen) atoms. The molecule has 2 atom stereocenters. The summed E-state index contributed by atoms with van der Waals surface area (Å²) < 4.78 is 61.6. The van der Waals surface area contributed by atoms with E-state index in [1.54, 1.807) is 0 Å². The van der Waals surface area contributed by atoms with Gasteiger partial charge in [0, 0.05) is 30.1 Å². The molecular weight excluding hydrogens is 416 g/mol. The van der Waals surface area contributed by atoms with Crippen LogP contribution in [-0.4, -0.2) is 38.5 Å². The van der Waals surface area contributed by atoms with Gasteiger partial charge in [-0.05, 0) is 43.2 Å². The number of aromatic nitrogens is 3. The second kappa shape index (κ2) is 7.14. The van der Waals surface area contributed by atoms with Crippen molar-refractivity contribution in [3.63, 3.8) is 0 Å². The van der Waals surface area contributed by atoms with Gasteiger partial charge in [-0.1, -0.05) is 5.16 Å². The molecule has 0 unspecified atom stereocenters. The number of fused-ring (bicyclic) bond motifs is 2. The van der Waals surface area contributed by atoms with Crippen molar-refractivity contribution in [1.82, 2.24) is 20.0 Å². The van der Waals surface area contributed by atoms with Crippen molar-refractivity contribution >= 4 is 5.91 Å². The molecule has 1 fully saturated rings. The van der Waals surface area contributed by atoms with Crippen LogP contribution in [0.25, 0.3) is 11.5 Å². The normalized spacial score (nSPS) is 22.6. The summed E-state index contributed by atoms with van der Waals surface area (Å²) in [6, 6.07) is 4.81. The summed E-state index contributed by atoms with van der Waals surface area (Å²) >= 11 is 0. The van der Waals surface area contributed by atoms with Gasteiger partial charge in [-0.2, -0.15) is 4.98 Å². The van der Waals surface area contributed by atoms with Gasteiger partial charge < -0.3 is 9.42 Å². The Balaban J connectivity index is 1.43. The molecule has 1 aromatic carbocycles. The van der Waals surface area contributed by atoms with Gasteiger partial charge in [-0.3, -0.25) is 4.79 Å². The van der Waals surface area contributed by atoms with Crippen molar-refractivity contribution in [2.24, 2.45) is 0 Å². The molecule has 0 aliphatic carbocycles. The van der Waals surface area contributed by atoms with Gasteiger partial charge in [0.25, 0.3) is 11.8 Å². The second-order valence-electron chi connectivity index (χ2n) is 7.80. The third kappa shape index (κ3) is 3.45. The molecule has 0 bridgehead atoms. The van der Waals surface area contributed by atoms with Crippen LogP contribution in [0.15, 0.2) is 41.1 Å². The number of halogens is 4. The molecule has 0 radical (unpaired) electrons. The fourth-order valence-corrected chi connectivity index (χ4v) is 4.27. The maximum Gasteiger partial charge on any atom is 0.276 e. The minimum Gasteiger partial charge on any atom is -0.339 e. The van der Waals surface area contributed by atoms with Gasteiger partial charge in [0.15, 0.2) is 0 Å². The molecule has 0 N–H and O–H groups in total. The molecule has 2 aliphatic heterocycles. The van der Waals surface area contributed by atoms with Gasteiger partial charge in [0.2, 0.25) is 11.7 Å².